The maximum Gasteiger partial charge on any atom is 1.00 e. The topological polar surface area (TPSA) is 265 Å². The number of aliphatic carboxylic acids is 1. The summed E-state index contributed by atoms with van der Waals surface area (Å²) in [6.45, 7) is 52.0. The van der Waals surface area contributed by atoms with Crippen molar-refractivity contribution in [3.05, 3.63) is 0 Å². The van der Waals surface area contributed by atoms with Crippen LogP contribution in [-0.2, 0) is 38.4 Å². The van der Waals surface area contributed by atoms with E-state index in [0.717, 1.165) is 143 Å². The smallest absolute Gasteiger partial charge is 0.662 e. The first-order valence-corrected chi connectivity index (χ1v) is 49.0. The summed E-state index contributed by atoms with van der Waals surface area (Å²) in [7, 11) is 0. The molecular formula is C102H183NaO15. The number of rotatable bonds is 16. The predicted octanol–water partition coefficient (Wildman–Crippen LogP) is 19.2. The summed E-state index contributed by atoms with van der Waals surface area (Å²) in [5.74, 6) is 14.1. The first-order valence-electron chi connectivity index (χ1n) is 49.0. The Labute approximate surface area is 744 Å². The first-order chi connectivity index (χ1) is 55.3. The summed E-state index contributed by atoms with van der Waals surface area (Å²) in [5.41, 5.74) is 2.51. The van der Waals surface area contributed by atoms with Crippen molar-refractivity contribution >= 4 is 36.8 Å². The summed E-state index contributed by atoms with van der Waals surface area (Å²) in [4.78, 5) is 67.1. The molecule has 14 fully saturated rings. The Morgan fingerprint density at radius 2 is 0.669 bits per heavy atom. The molecule has 0 aromatic heterocycles. The predicted molar refractivity (Wildman–Crippen MR) is 473 cm³/mol. The van der Waals surface area contributed by atoms with Crippen LogP contribution in [0.15, 0.2) is 0 Å². The molecule has 0 bridgehead atoms. The number of hydrogen-bond donors (Lipinski definition) is 6. The van der Waals surface area contributed by atoms with E-state index in [1.165, 1.54) is 161 Å². The molecule has 34 atom stereocenters. The zero-order valence-corrected chi connectivity index (χ0v) is 82.3. The van der Waals surface area contributed by atoms with Crippen molar-refractivity contribution in [2.75, 3.05) is 26.4 Å². The second-order valence-corrected chi connectivity index (χ2v) is 43.3. The van der Waals surface area contributed by atoms with E-state index in [2.05, 4.69) is 116 Å². The molecule has 6 N–H and O–H groups in total. The van der Waals surface area contributed by atoms with Gasteiger partial charge in [-0.15, -0.1) is 0 Å². The Morgan fingerprint density at radius 1 is 0.407 bits per heavy atom. The number of aliphatic hydroxyl groups excluding tert-OH is 5. The quantitative estimate of drug-likeness (QED) is 0.0276. The molecule has 0 aromatic rings. The molecule has 682 valence electrons. The summed E-state index contributed by atoms with van der Waals surface area (Å²) >= 11 is 0. The molecule has 0 spiro atoms. The monoisotopic (exact) mass is 1670 g/mol. The molecule has 118 heavy (non-hydrogen) atoms. The molecular weight excluding hydrogens is 1490 g/mol. The number of aliphatic hydroxyl groups is 5. The van der Waals surface area contributed by atoms with Crippen LogP contribution in [0.3, 0.4) is 0 Å². The van der Waals surface area contributed by atoms with Gasteiger partial charge in [-0.2, -0.15) is 0 Å². The average molecular weight is 1670 g/mol. The van der Waals surface area contributed by atoms with E-state index in [-0.39, 0.29) is 88.7 Å². The summed E-state index contributed by atoms with van der Waals surface area (Å²) in [5, 5.41) is 65.9. The van der Waals surface area contributed by atoms with Crippen LogP contribution in [0.5, 0.6) is 0 Å². The molecule has 16 heteroatoms. The fourth-order valence-electron chi connectivity index (χ4n) is 31.2. The second-order valence-electron chi connectivity index (χ2n) is 43.3. The van der Waals surface area contributed by atoms with Crippen molar-refractivity contribution in [3.8, 4) is 0 Å². The van der Waals surface area contributed by atoms with E-state index in [0.29, 0.717) is 124 Å². The largest absolute Gasteiger partial charge is 1.00 e. The number of carboxylic acid groups (broad SMARTS) is 1. The van der Waals surface area contributed by atoms with Gasteiger partial charge in [0.15, 0.2) is 0 Å². The number of esters is 1. The van der Waals surface area contributed by atoms with Crippen LogP contribution in [0, 0.1) is 186 Å². The van der Waals surface area contributed by atoms with Crippen LogP contribution in [0.2, 0.25) is 0 Å². The normalized spacial score (nSPS) is 42.2. The Hall–Kier alpha value is -1.82. The number of carboxylic acids is 1. The zero-order valence-electron chi connectivity index (χ0n) is 80.3. The third-order valence-corrected chi connectivity index (χ3v) is 37.3. The summed E-state index contributed by atoms with van der Waals surface area (Å²) in [6, 6.07) is 0. The third kappa shape index (κ3) is 24.9. The van der Waals surface area contributed by atoms with E-state index < -0.39 is 5.97 Å². The van der Waals surface area contributed by atoms with Crippen LogP contribution in [0.1, 0.15) is 384 Å². The molecule has 13 unspecified atom stereocenters. The van der Waals surface area contributed by atoms with Gasteiger partial charge in [-0.25, -0.2) is 0 Å². The van der Waals surface area contributed by atoms with E-state index >= 15 is 0 Å². The number of carbonyl (C=O) groups is 6. The number of aldehydes is 2. The maximum atomic E-state index is 11.8. The molecule has 0 aliphatic heterocycles. The van der Waals surface area contributed by atoms with Gasteiger partial charge in [0.05, 0.1) is 24.7 Å². The van der Waals surface area contributed by atoms with Crippen LogP contribution in [0.25, 0.3) is 0 Å². The first kappa shape index (κ1) is 109. The van der Waals surface area contributed by atoms with Crippen molar-refractivity contribution in [2.24, 2.45) is 186 Å². The second kappa shape index (κ2) is 49.5. The average Bonchev–Trinajstić information content (AvgIpc) is 1.65. The molecule has 14 aliphatic rings. The number of hydrogen-bond acceptors (Lipinski definition) is 14. The minimum atomic E-state index is -0.606. The number of ketones is 1. The molecule has 0 aromatic carbocycles. The van der Waals surface area contributed by atoms with Gasteiger partial charge in [-0.1, -0.05) is 217 Å². The molecule has 0 amide bonds. The fourth-order valence-corrected chi connectivity index (χ4v) is 31.2. The Kier molecular flexibility index (Phi) is 45.5. The fraction of sp³-hybridized carbons (Fsp3) is 0.941. The van der Waals surface area contributed by atoms with Gasteiger partial charge in [-0.05, 0) is 316 Å². The molecule has 0 radical (unpaired) electrons. The van der Waals surface area contributed by atoms with Gasteiger partial charge in [0, 0.05) is 50.9 Å². The Morgan fingerprint density at radius 3 is 0.983 bits per heavy atom. The van der Waals surface area contributed by atoms with Gasteiger partial charge >= 0.3 is 41.5 Å². The van der Waals surface area contributed by atoms with Crippen molar-refractivity contribution in [2.45, 2.75) is 396 Å². The standard InChI is InChI=1S/C15H26O3.C14H24O2.2C14H26O.C14H24O.C13H24O2.C13H20O2.2C2H6.CH2O3.Na/c1-10(9-18-11(2)16)12-6-7-13-14(17)5-4-8-15(12,13)3;1-9-5-4-8-14(3)11(9)6-7-12(14)10(2)13(15)16;3*1-10-5-4-8-14(3)12(10)6-7-13(14)11(2)9-15;2*1-9(8-14)10-5-6-11-12(15)4-3-7-13(10,11)2;2*1-2;2-1-4-3;/h10,12-14,17H,4-9H2,1-3H3;9-12H,4-8H2,1-3H3,(H,15,16);2*10-13,15H,4-9H2,1-3H3;9-13H,4-8H2,1-3H3;9-12,14-15H,3-8H2,1-2H3;8-11H,3-7H2,1-2H3;2*1-2H3;1,3H;/q;;;;;;;;;;+1/p-1/t10-,12-,13?,14?,15-;9?,10-,11?,12+,14-;10?,11-,12?,13+,14-;10?,11-,12?,13-,14+;10?,11-,12?,13+,14-;9-,10-,11?,12?,13-;9-,10-,11?,13-;;;;/m1001011..../s1. The number of carbonyl (C=O) groups excluding carboxylic acids is 5. The zero-order chi connectivity index (χ0) is 87.9. The number of Topliss-reactive ketones (excluding diaryl/α,β-unsaturated/α-hetero) is 1. The van der Waals surface area contributed by atoms with Crippen LogP contribution in [-0.4, -0.2) is 106 Å². The van der Waals surface area contributed by atoms with Gasteiger partial charge in [0.2, 0.25) is 0 Å². The minimum absolute atomic E-state index is 0. The van der Waals surface area contributed by atoms with E-state index in [4.69, 9.17) is 14.8 Å². The van der Waals surface area contributed by atoms with Gasteiger partial charge in [-0.3, -0.25) is 19.2 Å². The number of fused-ring (bicyclic) bond motifs is 7. The van der Waals surface area contributed by atoms with Gasteiger partial charge in [0.25, 0.3) is 6.47 Å². The Balaban J connectivity index is 0.000000285. The molecule has 14 aliphatic carbocycles. The summed E-state index contributed by atoms with van der Waals surface area (Å²) < 4.78 is 5.17. The van der Waals surface area contributed by atoms with E-state index in [1.807, 2.05) is 41.5 Å². The van der Waals surface area contributed by atoms with Crippen molar-refractivity contribution in [1.82, 2.24) is 0 Å². The number of ether oxygens (including phenoxy) is 1. The third-order valence-electron chi connectivity index (χ3n) is 37.3. The van der Waals surface area contributed by atoms with Gasteiger partial charge in [0.1, 0.15) is 18.4 Å². The van der Waals surface area contributed by atoms with Crippen molar-refractivity contribution in [3.63, 3.8) is 0 Å². The maximum absolute atomic E-state index is 11.8. The van der Waals surface area contributed by atoms with E-state index in [1.54, 1.807) is 0 Å². The Bertz CT molecular complexity index is 2840. The van der Waals surface area contributed by atoms with Crippen LogP contribution >= 0.6 is 0 Å². The van der Waals surface area contributed by atoms with Crippen molar-refractivity contribution < 1.29 is 104 Å². The molecule has 15 nitrogen and oxygen atoms in total. The molecule has 0 saturated heterocycles. The van der Waals surface area contributed by atoms with Crippen LogP contribution < -0.4 is 34.8 Å². The molecule has 0 heterocycles. The van der Waals surface area contributed by atoms with E-state index in [9.17, 15) is 54.6 Å². The minimum Gasteiger partial charge on any atom is -0.662 e. The SMILES string of the molecule is CC.CC.CC(=O)OC[C@@H](C)[C@H]1CCC2C(O)CCC[C@@]21C.CC1CCC[C@@]2(C)C1CC[C@@H]2[C@@H](C)C=O.CC1CCC[C@@]2(C)C1CC[C@@H]2[C@@H](C)CO.CC1CCC[C@@]2(C)C1CC[C@@H]2[C@H](C)C(=O)O.CC1CCC[C@@]2(C)C1CC[C@@H]2[C@H](C)CO.C[C@H](C=O)[C@H]1CCC2C(=O)CCC[C@@]21C.C[C@H](CO)[C@H]1CCC2C(O)CCC[C@@]21C.O=CO[O-].[Na+]. The van der Waals surface area contributed by atoms with Gasteiger partial charge < -0.3 is 55.1 Å². The van der Waals surface area contributed by atoms with Crippen molar-refractivity contribution in [1.29, 1.82) is 0 Å². The van der Waals surface area contributed by atoms with Crippen LogP contribution in [0.4, 0.5) is 0 Å². The molecule has 14 rings (SSSR count). The summed E-state index contributed by atoms with van der Waals surface area (Å²) in [6.07, 6.45) is 45.4. The molecule has 14 saturated carbocycles.